The van der Waals surface area contributed by atoms with Crippen molar-refractivity contribution in [1.29, 1.82) is 0 Å². The van der Waals surface area contributed by atoms with Crippen molar-refractivity contribution in [3.8, 4) is 5.69 Å². The lowest BCUT2D eigenvalue weighted by molar-refractivity contribution is 0.0943. The minimum atomic E-state index is -0.353. The van der Waals surface area contributed by atoms with Crippen molar-refractivity contribution in [2.45, 2.75) is 17.3 Å². The van der Waals surface area contributed by atoms with Crippen LogP contribution in [0.4, 0.5) is 4.39 Å². The van der Waals surface area contributed by atoms with Gasteiger partial charge in [-0.15, -0.1) is 5.10 Å². The minimum Gasteiger partial charge on any atom is -0.385 e. The predicted octanol–water partition coefficient (Wildman–Crippen LogP) is 2.25. The maximum Gasteiger partial charge on any atom is 0.273 e. The number of carbonyl (C=O) groups excluding carboxylic acids is 1. The molecule has 146 valence electrons. The summed E-state index contributed by atoms with van der Waals surface area (Å²) >= 11 is 1.36. The lowest BCUT2D eigenvalue weighted by Crippen LogP contribution is -2.26. The highest BCUT2D eigenvalue weighted by Crippen LogP contribution is 2.22. The molecule has 0 saturated carbocycles. The second-order valence-corrected chi connectivity index (χ2v) is 6.64. The van der Waals surface area contributed by atoms with Crippen molar-refractivity contribution in [1.82, 2.24) is 30.3 Å². The van der Waals surface area contributed by atoms with Crippen LogP contribution in [0.3, 0.4) is 0 Å². The number of rotatable bonds is 9. The summed E-state index contributed by atoms with van der Waals surface area (Å²) in [6, 6.07) is 7.56. The Morgan fingerprint density at radius 1 is 1.25 bits per heavy atom. The molecule has 3 rings (SSSR count). The summed E-state index contributed by atoms with van der Waals surface area (Å²) in [5.74, 6) is -0.308. The molecule has 0 bridgehead atoms. The highest BCUT2D eigenvalue weighted by molar-refractivity contribution is 7.98. The van der Waals surface area contributed by atoms with Gasteiger partial charge in [0.2, 0.25) is 0 Å². The first-order chi connectivity index (χ1) is 13.7. The first-order valence-electron chi connectivity index (χ1n) is 8.56. The molecule has 1 amide bonds. The zero-order valence-corrected chi connectivity index (χ0v) is 16.0. The summed E-state index contributed by atoms with van der Waals surface area (Å²) in [4.78, 5) is 20.9. The number of carbonyl (C=O) groups is 1. The third kappa shape index (κ3) is 5.11. The summed E-state index contributed by atoms with van der Waals surface area (Å²) < 4.78 is 19.8. The maximum atomic E-state index is 13.3. The molecule has 3 aromatic rings. The van der Waals surface area contributed by atoms with Gasteiger partial charge in [-0.3, -0.25) is 4.79 Å². The maximum absolute atomic E-state index is 13.3. The monoisotopic (exact) mass is 402 g/mol. The smallest absolute Gasteiger partial charge is 0.273 e. The summed E-state index contributed by atoms with van der Waals surface area (Å²) in [5.41, 5.74) is 1.40. The first kappa shape index (κ1) is 19.9. The average molecular weight is 402 g/mol. The molecule has 28 heavy (non-hydrogen) atoms. The molecule has 0 aliphatic carbocycles. The zero-order valence-electron chi connectivity index (χ0n) is 15.2. The van der Waals surface area contributed by atoms with Crippen molar-refractivity contribution in [2.75, 3.05) is 20.3 Å². The van der Waals surface area contributed by atoms with E-state index in [1.807, 2.05) is 0 Å². The van der Waals surface area contributed by atoms with Crippen LogP contribution in [-0.4, -0.2) is 51.1 Å². The molecule has 2 aromatic heterocycles. The highest BCUT2D eigenvalue weighted by Gasteiger charge is 2.21. The Balaban J connectivity index is 1.84. The van der Waals surface area contributed by atoms with Gasteiger partial charge in [0, 0.05) is 38.4 Å². The Hall–Kier alpha value is -2.85. The molecule has 2 heterocycles. The standard InChI is InChI=1S/C18H19FN6O2S/c1-27-11-3-10-20-17(26)16-15(12-28-18-21-8-2-9-22-18)25(24-23-16)14-6-4-13(19)5-7-14/h2,4-9H,3,10-12H2,1H3,(H,20,26). The molecule has 0 saturated heterocycles. The Kier molecular flexibility index (Phi) is 7.04. The van der Waals surface area contributed by atoms with Gasteiger partial charge in [-0.25, -0.2) is 19.0 Å². The van der Waals surface area contributed by atoms with Crippen molar-refractivity contribution in [3.05, 3.63) is 59.9 Å². The van der Waals surface area contributed by atoms with E-state index in [9.17, 15) is 9.18 Å². The number of benzene rings is 1. The van der Waals surface area contributed by atoms with Crippen molar-refractivity contribution < 1.29 is 13.9 Å². The summed E-state index contributed by atoms with van der Waals surface area (Å²) in [7, 11) is 1.61. The van der Waals surface area contributed by atoms with Gasteiger partial charge in [-0.1, -0.05) is 17.0 Å². The molecule has 0 radical (unpaired) electrons. The van der Waals surface area contributed by atoms with Crippen LogP contribution in [0.1, 0.15) is 22.6 Å². The van der Waals surface area contributed by atoms with Crippen LogP contribution in [0.25, 0.3) is 5.69 Å². The summed E-state index contributed by atoms with van der Waals surface area (Å²) in [6.07, 6.45) is 3.98. The topological polar surface area (TPSA) is 94.8 Å². The molecular weight excluding hydrogens is 383 g/mol. The van der Waals surface area contributed by atoms with Crippen LogP contribution >= 0.6 is 11.8 Å². The second-order valence-electron chi connectivity index (χ2n) is 5.70. The summed E-state index contributed by atoms with van der Waals surface area (Å²) in [6.45, 7) is 1.01. The third-order valence-electron chi connectivity index (χ3n) is 3.74. The van der Waals surface area contributed by atoms with Gasteiger partial charge in [-0.05, 0) is 36.8 Å². The molecule has 1 N–H and O–H groups in total. The fourth-order valence-corrected chi connectivity index (χ4v) is 3.19. The van der Waals surface area contributed by atoms with E-state index in [2.05, 4.69) is 25.6 Å². The largest absolute Gasteiger partial charge is 0.385 e. The number of hydrogen-bond acceptors (Lipinski definition) is 7. The zero-order chi connectivity index (χ0) is 19.8. The number of amides is 1. The number of nitrogens with one attached hydrogen (secondary N) is 1. The lowest BCUT2D eigenvalue weighted by atomic mass is 10.2. The average Bonchev–Trinajstić information content (AvgIpc) is 3.15. The molecule has 1 aromatic carbocycles. The Morgan fingerprint density at radius 2 is 2.00 bits per heavy atom. The molecule has 0 spiro atoms. The SMILES string of the molecule is COCCCNC(=O)c1nnn(-c2ccc(F)cc2)c1CSc1ncccn1. The number of methoxy groups -OCH3 is 1. The molecule has 0 aliphatic rings. The quantitative estimate of drug-likeness (QED) is 0.333. The van der Waals surface area contributed by atoms with E-state index in [0.29, 0.717) is 41.9 Å². The van der Waals surface area contributed by atoms with Gasteiger partial charge in [-0.2, -0.15) is 0 Å². The van der Waals surface area contributed by atoms with Crippen LogP contribution in [-0.2, 0) is 10.5 Å². The van der Waals surface area contributed by atoms with E-state index in [-0.39, 0.29) is 17.4 Å². The number of halogens is 1. The van der Waals surface area contributed by atoms with Crippen LogP contribution in [0.2, 0.25) is 0 Å². The Morgan fingerprint density at radius 3 is 2.71 bits per heavy atom. The molecule has 0 aliphatic heterocycles. The van der Waals surface area contributed by atoms with Gasteiger partial charge in [0.05, 0.1) is 11.4 Å². The fourth-order valence-electron chi connectivity index (χ4n) is 2.39. The van der Waals surface area contributed by atoms with Gasteiger partial charge in [0.1, 0.15) is 5.82 Å². The normalized spacial score (nSPS) is 10.8. The lowest BCUT2D eigenvalue weighted by Gasteiger charge is -2.08. The van der Waals surface area contributed by atoms with E-state index in [0.717, 1.165) is 0 Å². The van der Waals surface area contributed by atoms with E-state index in [1.165, 1.54) is 28.6 Å². The number of ether oxygens (including phenoxy) is 1. The van der Waals surface area contributed by atoms with Crippen molar-refractivity contribution in [2.24, 2.45) is 0 Å². The van der Waals surface area contributed by atoms with E-state index >= 15 is 0 Å². The van der Waals surface area contributed by atoms with Gasteiger partial charge >= 0.3 is 0 Å². The molecule has 0 fully saturated rings. The highest BCUT2D eigenvalue weighted by atomic mass is 32.2. The number of nitrogens with zero attached hydrogens (tertiary/aromatic N) is 5. The van der Waals surface area contributed by atoms with Crippen LogP contribution < -0.4 is 5.32 Å². The predicted molar refractivity (Wildman–Crippen MR) is 102 cm³/mol. The van der Waals surface area contributed by atoms with Gasteiger partial charge in [0.15, 0.2) is 10.9 Å². The first-order valence-corrected chi connectivity index (χ1v) is 9.55. The molecule has 8 nitrogen and oxygen atoms in total. The van der Waals surface area contributed by atoms with E-state index < -0.39 is 0 Å². The third-order valence-corrected chi connectivity index (χ3v) is 4.63. The Labute approximate surface area is 165 Å². The van der Waals surface area contributed by atoms with Crippen molar-refractivity contribution >= 4 is 17.7 Å². The number of hydrogen-bond donors (Lipinski definition) is 1. The molecule has 10 heteroatoms. The van der Waals surface area contributed by atoms with Gasteiger partial charge < -0.3 is 10.1 Å². The van der Waals surface area contributed by atoms with E-state index in [1.54, 1.807) is 37.7 Å². The van der Waals surface area contributed by atoms with Crippen LogP contribution in [0, 0.1) is 5.82 Å². The molecule has 0 atom stereocenters. The second kappa shape index (κ2) is 9.90. The van der Waals surface area contributed by atoms with Crippen LogP contribution in [0.15, 0.2) is 47.9 Å². The Bertz CT molecular complexity index is 904. The number of thioether (sulfide) groups is 1. The van der Waals surface area contributed by atoms with E-state index in [4.69, 9.17) is 4.74 Å². The molecular formula is C18H19FN6O2S. The van der Waals surface area contributed by atoms with Crippen LogP contribution in [0.5, 0.6) is 0 Å². The summed E-state index contributed by atoms with van der Waals surface area (Å²) in [5, 5.41) is 11.5. The fraction of sp³-hybridized carbons (Fsp3) is 0.278. The molecule has 0 unspecified atom stereocenters. The van der Waals surface area contributed by atoms with Crippen molar-refractivity contribution in [3.63, 3.8) is 0 Å². The minimum absolute atomic E-state index is 0.213. The number of aromatic nitrogens is 5. The van der Waals surface area contributed by atoms with Gasteiger partial charge in [0.25, 0.3) is 5.91 Å².